The second-order valence-corrected chi connectivity index (χ2v) is 5.62. The zero-order chi connectivity index (χ0) is 17.6. The molecule has 0 N–H and O–H groups in total. The van der Waals surface area contributed by atoms with Crippen molar-refractivity contribution in [2.75, 3.05) is 6.61 Å². The Morgan fingerprint density at radius 1 is 1.12 bits per heavy atom. The van der Waals surface area contributed by atoms with E-state index in [1.54, 1.807) is 31.2 Å². The molecule has 0 unspecified atom stereocenters. The number of carbonyl (C=O) groups excluding carboxylic acids is 1. The van der Waals surface area contributed by atoms with Gasteiger partial charge in [-0.05, 0) is 43.3 Å². The van der Waals surface area contributed by atoms with Crippen LogP contribution in [0.15, 0.2) is 59.0 Å². The Kier molecular flexibility index (Phi) is 5.30. The number of rotatable bonds is 6. The minimum atomic E-state index is -0.675. The highest BCUT2D eigenvalue weighted by molar-refractivity contribution is 6.30. The number of hydrogen-bond donors (Lipinski definition) is 0. The minimum Gasteiger partial charge on any atom is -0.482 e. The molecular weight excluding hydrogens is 344 g/mol. The van der Waals surface area contributed by atoms with Crippen LogP contribution < -0.4 is 4.74 Å². The monoisotopic (exact) mass is 358 g/mol. The molecule has 0 aliphatic carbocycles. The van der Waals surface area contributed by atoms with Gasteiger partial charge in [-0.1, -0.05) is 29.8 Å². The van der Waals surface area contributed by atoms with E-state index in [9.17, 15) is 4.79 Å². The van der Waals surface area contributed by atoms with Gasteiger partial charge < -0.3 is 13.9 Å². The SMILES string of the molecule is C[C@@H](OC(=O)COc1ccc(Cl)cc1)c1nnc(-c2ccccc2)o1. The van der Waals surface area contributed by atoms with E-state index in [0.29, 0.717) is 16.7 Å². The highest BCUT2D eigenvalue weighted by Gasteiger charge is 2.19. The van der Waals surface area contributed by atoms with Gasteiger partial charge in [-0.2, -0.15) is 0 Å². The first-order chi connectivity index (χ1) is 12.1. The lowest BCUT2D eigenvalue weighted by atomic mass is 10.2. The molecule has 0 aliphatic rings. The molecule has 3 aromatic rings. The molecule has 7 heteroatoms. The maximum atomic E-state index is 11.9. The third-order valence-corrected chi connectivity index (χ3v) is 3.54. The Morgan fingerprint density at radius 2 is 1.84 bits per heavy atom. The van der Waals surface area contributed by atoms with Gasteiger partial charge in [-0.3, -0.25) is 0 Å². The number of nitrogens with zero attached hydrogens (tertiary/aromatic N) is 2. The van der Waals surface area contributed by atoms with Gasteiger partial charge in [0.05, 0.1) is 0 Å². The summed E-state index contributed by atoms with van der Waals surface area (Å²) in [6.07, 6.45) is -0.675. The van der Waals surface area contributed by atoms with Crippen molar-refractivity contribution >= 4 is 17.6 Å². The van der Waals surface area contributed by atoms with Crippen LogP contribution in [0.3, 0.4) is 0 Å². The van der Waals surface area contributed by atoms with E-state index in [4.69, 9.17) is 25.5 Å². The molecule has 1 heterocycles. The standard InChI is InChI=1S/C18H15ClN2O4/c1-12(17-20-21-18(25-17)13-5-3-2-4-6-13)24-16(22)11-23-15-9-7-14(19)8-10-15/h2-10,12H,11H2,1H3/t12-/m1/s1. The quantitative estimate of drug-likeness (QED) is 0.618. The van der Waals surface area contributed by atoms with Crippen LogP contribution in [0.2, 0.25) is 5.02 Å². The molecule has 2 aromatic carbocycles. The van der Waals surface area contributed by atoms with Crippen LogP contribution in [0.4, 0.5) is 0 Å². The Morgan fingerprint density at radius 3 is 2.56 bits per heavy atom. The summed E-state index contributed by atoms with van der Waals surface area (Å²) < 4.78 is 16.1. The summed E-state index contributed by atoms with van der Waals surface area (Å²) in [6.45, 7) is 1.42. The number of hydrogen-bond acceptors (Lipinski definition) is 6. The average Bonchev–Trinajstić information content (AvgIpc) is 3.12. The molecule has 128 valence electrons. The van der Waals surface area contributed by atoms with E-state index in [2.05, 4.69) is 10.2 Å². The van der Waals surface area contributed by atoms with Gasteiger partial charge in [0.1, 0.15) is 5.75 Å². The van der Waals surface area contributed by atoms with Crippen LogP contribution in [0.5, 0.6) is 5.75 Å². The van der Waals surface area contributed by atoms with E-state index in [1.165, 1.54) is 0 Å². The molecule has 0 spiro atoms. The maximum absolute atomic E-state index is 11.9. The van der Waals surface area contributed by atoms with Crippen LogP contribution in [0.1, 0.15) is 18.9 Å². The Bertz CT molecular complexity index is 834. The number of aromatic nitrogens is 2. The van der Waals surface area contributed by atoms with Crippen molar-refractivity contribution in [3.05, 3.63) is 65.5 Å². The molecule has 0 saturated heterocycles. The summed E-state index contributed by atoms with van der Waals surface area (Å²) in [4.78, 5) is 11.9. The van der Waals surface area contributed by atoms with E-state index in [-0.39, 0.29) is 12.5 Å². The average molecular weight is 359 g/mol. The van der Waals surface area contributed by atoms with Gasteiger partial charge in [0, 0.05) is 10.6 Å². The van der Waals surface area contributed by atoms with Crippen LogP contribution in [-0.2, 0) is 9.53 Å². The van der Waals surface area contributed by atoms with E-state index in [0.717, 1.165) is 5.56 Å². The van der Waals surface area contributed by atoms with Crippen LogP contribution in [-0.4, -0.2) is 22.8 Å². The number of carbonyl (C=O) groups is 1. The topological polar surface area (TPSA) is 74.5 Å². The molecule has 1 atom stereocenters. The van der Waals surface area contributed by atoms with Gasteiger partial charge in [0.15, 0.2) is 12.7 Å². The lowest BCUT2D eigenvalue weighted by Gasteiger charge is -2.10. The molecule has 0 bridgehead atoms. The Hall–Kier alpha value is -2.86. The Labute approximate surface area is 149 Å². The predicted octanol–water partition coefficient (Wildman–Crippen LogP) is 4.07. The fourth-order valence-corrected chi connectivity index (χ4v) is 2.18. The van der Waals surface area contributed by atoms with E-state index in [1.807, 2.05) is 30.3 Å². The van der Waals surface area contributed by atoms with E-state index >= 15 is 0 Å². The molecule has 0 radical (unpaired) electrons. The fourth-order valence-electron chi connectivity index (χ4n) is 2.05. The van der Waals surface area contributed by atoms with Crippen molar-refractivity contribution in [2.45, 2.75) is 13.0 Å². The molecule has 0 amide bonds. The summed E-state index contributed by atoms with van der Waals surface area (Å²) in [5.74, 6) is 0.578. The number of ether oxygens (including phenoxy) is 2. The first-order valence-corrected chi connectivity index (χ1v) is 7.96. The maximum Gasteiger partial charge on any atom is 0.344 e. The smallest absolute Gasteiger partial charge is 0.344 e. The molecule has 0 saturated carbocycles. The zero-order valence-corrected chi connectivity index (χ0v) is 14.1. The molecule has 25 heavy (non-hydrogen) atoms. The van der Waals surface area contributed by atoms with Crippen LogP contribution in [0.25, 0.3) is 11.5 Å². The van der Waals surface area contributed by atoms with Crippen molar-refractivity contribution in [3.63, 3.8) is 0 Å². The van der Waals surface area contributed by atoms with E-state index < -0.39 is 12.1 Å². The molecule has 3 rings (SSSR count). The highest BCUT2D eigenvalue weighted by atomic mass is 35.5. The van der Waals surface area contributed by atoms with Gasteiger partial charge in [0.25, 0.3) is 5.89 Å². The summed E-state index contributed by atoms with van der Waals surface area (Å²) in [7, 11) is 0. The third-order valence-electron chi connectivity index (χ3n) is 3.29. The summed E-state index contributed by atoms with van der Waals surface area (Å²) in [6, 6.07) is 16.0. The number of benzene rings is 2. The Balaban J connectivity index is 1.55. The molecule has 1 aromatic heterocycles. The van der Waals surface area contributed by atoms with Crippen molar-refractivity contribution in [2.24, 2.45) is 0 Å². The lowest BCUT2D eigenvalue weighted by Crippen LogP contribution is -2.17. The number of esters is 1. The molecular formula is C18H15ClN2O4. The molecule has 0 fully saturated rings. The van der Waals surface area contributed by atoms with Crippen molar-refractivity contribution in [1.82, 2.24) is 10.2 Å². The van der Waals surface area contributed by atoms with Crippen molar-refractivity contribution in [3.8, 4) is 17.2 Å². The second-order valence-electron chi connectivity index (χ2n) is 5.19. The second kappa shape index (κ2) is 7.81. The van der Waals surface area contributed by atoms with Gasteiger partial charge in [0.2, 0.25) is 5.89 Å². The first-order valence-electron chi connectivity index (χ1n) is 7.58. The summed E-state index contributed by atoms with van der Waals surface area (Å²) in [5.41, 5.74) is 0.797. The predicted molar refractivity (Wildman–Crippen MR) is 91.2 cm³/mol. The minimum absolute atomic E-state index is 0.221. The summed E-state index contributed by atoms with van der Waals surface area (Å²) >= 11 is 5.79. The lowest BCUT2D eigenvalue weighted by molar-refractivity contribution is -0.152. The highest BCUT2D eigenvalue weighted by Crippen LogP contribution is 2.22. The van der Waals surface area contributed by atoms with Crippen LogP contribution >= 0.6 is 11.6 Å². The largest absolute Gasteiger partial charge is 0.482 e. The fraction of sp³-hybridized carbons (Fsp3) is 0.167. The normalized spacial score (nSPS) is 11.8. The molecule has 0 aliphatic heterocycles. The van der Waals surface area contributed by atoms with Crippen LogP contribution in [0, 0.1) is 0 Å². The summed E-state index contributed by atoms with van der Waals surface area (Å²) in [5, 5.41) is 8.48. The zero-order valence-electron chi connectivity index (χ0n) is 13.4. The van der Waals surface area contributed by atoms with Gasteiger partial charge >= 0.3 is 5.97 Å². The van der Waals surface area contributed by atoms with Crippen molar-refractivity contribution in [1.29, 1.82) is 0 Å². The molecule has 6 nitrogen and oxygen atoms in total. The van der Waals surface area contributed by atoms with Gasteiger partial charge in [-0.25, -0.2) is 4.79 Å². The first kappa shape index (κ1) is 17.0. The third kappa shape index (κ3) is 4.58. The van der Waals surface area contributed by atoms with Crippen molar-refractivity contribution < 1.29 is 18.7 Å². The van der Waals surface area contributed by atoms with Gasteiger partial charge in [-0.15, -0.1) is 10.2 Å². The number of halogens is 1.